The molecule has 2 aliphatic heterocycles. The van der Waals surface area contributed by atoms with E-state index in [9.17, 15) is 8.42 Å². The fraction of sp³-hybridized carbons (Fsp3) is 0.684. The van der Waals surface area contributed by atoms with Gasteiger partial charge in [-0.25, -0.2) is 0 Å². The fourth-order valence-electron chi connectivity index (χ4n) is 3.57. The predicted molar refractivity (Wildman–Crippen MR) is 102 cm³/mol. The molecular formula is C19H28O9S. The van der Waals surface area contributed by atoms with Crippen molar-refractivity contribution >= 4 is 10.1 Å². The quantitative estimate of drug-likeness (QED) is 0.459. The van der Waals surface area contributed by atoms with Gasteiger partial charge in [0.2, 0.25) is 0 Å². The summed E-state index contributed by atoms with van der Waals surface area (Å²) in [7, 11) is -0.880. The van der Waals surface area contributed by atoms with Gasteiger partial charge in [-0.05, 0) is 12.8 Å². The third kappa shape index (κ3) is 5.96. The van der Waals surface area contributed by atoms with Crippen LogP contribution >= 0.6 is 0 Å². The Morgan fingerprint density at radius 3 is 2.48 bits per heavy atom. The van der Waals surface area contributed by atoms with Crippen molar-refractivity contribution in [1.82, 2.24) is 0 Å². The van der Waals surface area contributed by atoms with Crippen molar-refractivity contribution in [3.8, 4) is 0 Å². The topological polar surface area (TPSA) is 110 Å². The number of hydrogen-bond acceptors (Lipinski definition) is 8. The van der Waals surface area contributed by atoms with Crippen LogP contribution in [0.25, 0.3) is 0 Å². The molecule has 2 unspecified atom stereocenters. The van der Waals surface area contributed by atoms with Gasteiger partial charge in [-0.1, -0.05) is 30.3 Å². The summed E-state index contributed by atoms with van der Waals surface area (Å²) in [5.41, 5.74) is 0.900. The molecule has 6 atom stereocenters. The minimum absolute atomic E-state index is 0.263. The number of methoxy groups -OCH3 is 2. The standard InChI is InChI=1S/C19H28O9S/c1-23-16-15-14(12-26-18(28-15)13-8-4-3-5-9-13)27-19(24-2)17(16)25-10-6-7-11-29(20,21)22/h3-5,8-9,14-19H,6-7,10-12H2,1-2H3,(H,20,21,22)/t14-,15-,16+,17-,18?,19?/m1/s1. The zero-order chi connectivity index (χ0) is 20.9. The Kier molecular flexibility index (Phi) is 7.99. The lowest BCUT2D eigenvalue weighted by Gasteiger charge is -2.48. The van der Waals surface area contributed by atoms with E-state index >= 15 is 0 Å². The first-order valence-corrected chi connectivity index (χ1v) is 11.1. The Morgan fingerprint density at radius 1 is 1.07 bits per heavy atom. The van der Waals surface area contributed by atoms with Crippen molar-refractivity contribution in [3.05, 3.63) is 35.9 Å². The summed E-state index contributed by atoms with van der Waals surface area (Å²) < 4.78 is 65.5. The third-order valence-electron chi connectivity index (χ3n) is 4.97. The highest BCUT2D eigenvalue weighted by Gasteiger charge is 2.51. The Bertz CT molecular complexity index is 726. The average molecular weight is 432 g/mol. The van der Waals surface area contributed by atoms with Crippen LogP contribution in [0.2, 0.25) is 0 Å². The summed E-state index contributed by atoms with van der Waals surface area (Å²) >= 11 is 0. The minimum Gasteiger partial charge on any atom is -0.376 e. The van der Waals surface area contributed by atoms with E-state index in [-0.39, 0.29) is 24.9 Å². The molecule has 0 amide bonds. The number of unbranched alkanes of at least 4 members (excludes halogenated alkanes) is 1. The molecule has 2 saturated heterocycles. The maximum absolute atomic E-state index is 10.8. The van der Waals surface area contributed by atoms with Gasteiger partial charge in [0.25, 0.3) is 10.1 Å². The van der Waals surface area contributed by atoms with Crippen LogP contribution in [0.3, 0.4) is 0 Å². The SMILES string of the molecule is COC1O[C@@H]2COC(c3ccccc3)O[C@H]2[C@H](OC)[C@H]1OCCCCS(=O)(=O)O. The Hall–Kier alpha value is -1.11. The van der Waals surface area contributed by atoms with Crippen LogP contribution in [0, 0.1) is 0 Å². The van der Waals surface area contributed by atoms with Crippen LogP contribution in [0.15, 0.2) is 30.3 Å². The van der Waals surface area contributed by atoms with Crippen molar-refractivity contribution in [2.24, 2.45) is 0 Å². The maximum Gasteiger partial charge on any atom is 0.264 e. The second-order valence-electron chi connectivity index (χ2n) is 6.98. The van der Waals surface area contributed by atoms with Gasteiger partial charge in [-0.15, -0.1) is 0 Å². The molecule has 29 heavy (non-hydrogen) atoms. The molecule has 2 heterocycles. The van der Waals surface area contributed by atoms with E-state index in [1.807, 2.05) is 30.3 Å². The Balaban J connectivity index is 1.63. The van der Waals surface area contributed by atoms with Crippen molar-refractivity contribution < 1.29 is 41.4 Å². The van der Waals surface area contributed by atoms with E-state index in [4.69, 9.17) is 33.0 Å². The van der Waals surface area contributed by atoms with Crippen LogP contribution in [-0.4, -0.2) is 76.9 Å². The fourth-order valence-corrected chi connectivity index (χ4v) is 4.14. The van der Waals surface area contributed by atoms with Crippen molar-refractivity contribution in [2.75, 3.05) is 33.2 Å². The monoisotopic (exact) mass is 432 g/mol. The van der Waals surface area contributed by atoms with Crippen LogP contribution in [0.1, 0.15) is 24.7 Å². The van der Waals surface area contributed by atoms with Gasteiger partial charge in [0.1, 0.15) is 24.4 Å². The highest BCUT2D eigenvalue weighted by atomic mass is 32.2. The number of hydrogen-bond donors (Lipinski definition) is 1. The van der Waals surface area contributed by atoms with E-state index in [1.54, 1.807) is 7.11 Å². The smallest absolute Gasteiger partial charge is 0.264 e. The molecule has 10 heteroatoms. The molecule has 0 radical (unpaired) electrons. The van der Waals surface area contributed by atoms with Gasteiger partial charge in [0, 0.05) is 26.4 Å². The first-order chi connectivity index (χ1) is 13.9. The van der Waals surface area contributed by atoms with Gasteiger partial charge >= 0.3 is 0 Å². The molecule has 1 aromatic rings. The normalized spacial score (nSPS) is 32.7. The third-order valence-corrected chi connectivity index (χ3v) is 5.77. The summed E-state index contributed by atoms with van der Waals surface area (Å²) in [5, 5.41) is 0. The number of benzene rings is 1. The molecule has 0 aliphatic carbocycles. The molecule has 2 fully saturated rings. The first kappa shape index (κ1) is 22.6. The van der Waals surface area contributed by atoms with E-state index < -0.39 is 41.0 Å². The van der Waals surface area contributed by atoms with Crippen LogP contribution < -0.4 is 0 Å². The van der Waals surface area contributed by atoms with Gasteiger partial charge in [0.05, 0.1) is 12.4 Å². The van der Waals surface area contributed by atoms with Crippen molar-refractivity contribution in [2.45, 2.75) is 49.8 Å². The van der Waals surface area contributed by atoms with E-state index in [1.165, 1.54) is 7.11 Å². The lowest BCUT2D eigenvalue weighted by atomic mass is 9.97. The van der Waals surface area contributed by atoms with E-state index in [0.717, 1.165) is 5.56 Å². The number of fused-ring (bicyclic) bond motifs is 1. The highest BCUT2D eigenvalue weighted by molar-refractivity contribution is 7.85. The first-order valence-electron chi connectivity index (χ1n) is 9.52. The molecule has 2 aliphatic rings. The van der Waals surface area contributed by atoms with Crippen LogP contribution in [0.5, 0.6) is 0 Å². The second-order valence-corrected chi connectivity index (χ2v) is 8.56. The Labute approximate surface area is 170 Å². The van der Waals surface area contributed by atoms with Gasteiger partial charge in [0.15, 0.2) is 12.6 Å². The molecule has 1 N–H and O–H groups in total. The zero-order valence-corrected chi connectivity index (χ0v) is 17.3. The van der Waals surface area contributed by atoms with E-state index in [2.05, 4.69) is 0 Å². The Morgan fingerprint density at radius 2 is 1.83 bits per heavy atom. The van der Waals surface area contributed by atoms with Gasteiger partial charge in [-0.3, -0.25) is 4.55 Å². The molecular weight excluding hydrogens is 404 g/mol. The van der Waals surface area contributed by atoms with Crippen LogP contribution in [0.4, 0.5) is 0 Å². The summed E-state index contributed by atoms with van der Waals surface area (Å²) in [6, 6.07) is 9.61. The largest absolute Gasteiger partial charge is 0.376 e. The van der Waals surface area contributed by atoms with Crippen molar-refractivity contribution in [1.29, 1.82) is 0 Å². The second kappa shape index (κ2) is 10.3. The summed E-state index contributed by atoms with van der Waals surface area (Å²) in [6.45, 7) is 0.588. The number of rotatable bonds is 9. The average Bonchev–Trinajstić information content (AvgIpc) is 2.72. The van der Waals surface area contributed by atoms with Crippen LogP contribution in [-0.2, 0) is 38.5 Å². The minimum atomic E-state index is -3.97. The molecule has 1 aromatic carbocycles. The lowest BCUT2D eigenvalue weighted by Crippen LogP contribution is -2.63. The maximum atomic E-state index is 10.8. The molecule has 0 aromatic heterocycles. The summed E-state index contributed by atoms with van der Waals surface area (Å²) in [6.07, 6.45) is -2.29. The molecule has 3 rings (SSSR count). The number of ether oxygens (including phenoxy) is 6. The molecule has 164 valence electrons. The molecule has 0 spiro atoms. The zero-order valence-electron chi connectivity index (χ0n) is 16.5. The van der Waals surface area contributed by atoms with E-state index in [0.29, 0.717) is 13.0 Å². The highest BCUT2D eigenvalue weighted by Crippen LogP contribution is 2.36. The molecule has 0 saturated carbocycles. The lowest BCUT2D eigenvalue weighted by molar-refractivity contribution is -0.365. The summed E-state index contributed by atoms with van der Waals surface area (Å²) in [5.74, 6) is -0.303. The molecule has 0 bridgehead atoms. The van der Waals surface area contributed by atoms with Crippen molar-refractivity contribution in [3.63, 3.8) is 0 Å². The molecule has 9 nitrogen and oxygen atoms in total. The van der Waals surface area contributed by atoms with Gasteiger partial charge in [-0.2, -0.15) is 8.42 Å². The summed E-state index contributed by atoms with van der Waals surface area (Å²) in [4.78, 5) is 0. The predicted octanol–water partition coefficient (Wildman–Crippen LogP) is 1.54. The van der Waals surface area contributed by atoms with Gasteiger partial charge < -0.3 is 28.4 Å².